The Bertz CT molecular complexity index is 1420. The summed E-state index contributed by atoms with van der Waals surface area (Å²) in [6, 6.07) is 15.6. The SMILES string of the molecule is CC(C)CCNC(=O)C(c1ccncc1)N(Cc1ccc2c(c1)OCO2)C(=O)Cn1nnc2ccccc21. The van der Waals surface area contributed by atoms with Gasteiger partial charge in [-0.25, -0.2) is 4.68 Å². The van der Waals surface area contributed by atoms with Crippen molar-refractivity contribution in [3.8, 4) is 11.5 Å². The fraction of sp³-hybridized carbons (Fsp3) is 0.321. The molecular weight excluding hydrogens is 484 g/mol. The predicted molar refractivity (Wildman–Crippen MR) is 140 cm³/mol. The third-order valence-electron chi connectivity index (χ3n) is 6.42. The highest BCUT2D eigenvalue weighted by Gasteiger charge is 2.32. The van der Waals surface area contributed by atoms with Gasteiger partial charge >= 0.3 is 0 Å². The lowest BCUT2D eigenvalue weighted by molar-refractivity contribution is -0.142. The molecule has 1 unspecified atom stereocenters. The van der Waals surface area contributed by atoms with Gasteiger partial charge in [0.2, 0.25) is 18.6 Å². The van der Waals surface area contributed by atoms with E-state index in [1.807, 2.05) is 42.5 Å². The molecule has 10 nitrogen and oxygen atoms in total. The molecule has 196 valence electrons. The van der Waals surface area contributed by atoms with Crippen LogP contribution in [0.5, 0.6) is 11.5 Å². The molecule has 2 aromatic carbocycles. The van der Waals surface area contributed by atoms with Crippen LogP contribution in [0.4, 0.5) is 0 Å². The Kier molecular flexibility index (Phi) is 7.48. The molecule has 1 atom stereocenters. The molecule has 0 fully saturated rings. The van der Waals surface area contributed by atoms with Crippen molar-refractivity contribution in [1.82, 2.24) is 30.2 Å². The number of hydrogen-bond acceptors (Lipinski definition) is 7. The van der Waals surface area contributed by atoms with Crippen molar-refractivity contribution in [1.29, 1.82) is 0 Å². The number of ether oxygens (including phenoxy) is 2. The number of nitrogens with zero attached hydrogens (tertiary/aromatic N) is 5. The van der Waals surface area contributed by atoms with Crippen LogP contribution in [-0.2, 0) is 22.7 Å². The van der Waals surface area contributed by atoms with Crippen LogP contribution in [0.3, 0.4) is 0 Å². The fourth-order valence-corrected chi connectivity index (χ4v) is 4.41. The number of fused-ring (bicyclic) bond motifs is 2. The monoisotopic (exact) mass is 514 g/mol. The van der Waals surface area contributed by atoms with Crippen molar-refractivity contribution in [3.05, 3.63) is 78.1 Å². The van der Waals surface area contributed by atoms with Gasteiger partial charge in [0.25, 0.3) is 0 Å². The third-order valence-corrected chi connectivity index (χ3v) is 6.42. The molecule has 2 aromatic heterocycles. The average Bonchev–Trinajstić information content (AvgIpc) is 3.55. The maximum absolute atomic E-state index is 14.0. The minimum absolute atomic E-state index is 0.0775. The van der Waals surface area contributed by atoms with Gasteiger partial charge in [0.15, 0.2) is 11.5 Å². The molecule has 5 rings (SSSR count). The summed E-state index contributed by atoms with van der Waals surface area (Å²) in [5.74, 6) is 1.16. The number of rotatable bonds is 10. The number of aromatic nitrogens is 4. The number of nitrogens with one attached hydrogen (secondary N) is 1. The molecule has 1 N–H and O–H groups in total. The van der Waals surface area contributed by atoms with E-state index in [0.717, 1.165) is 17.5 Å². The second-order valence-corrected chi connectivity index (χ2v) is 9.60. The zero-order chi connectivity index (χ0) is 26.5. The number of para-hydroxylation sites is 1. The average molecular weight is 515 g/mol. The summed E-state index contributed by atoms with van der Waals surface area (Å²) in [6.07, 6.45) is 4.08. The lowest BCUT2D eigenvalue weighted by Crippen LogP contribution is -2.45. The minimum Gasteiger partial charge on any atom is -0.454 e. The number of pyridine rings is 1. The molecule has 0 radical (unpaired) electrons. The largest absolute Gasteiger partial charge is 0.454 e. The van der Waals surface area contributed by atoms with Crippen molar-refractivity contribution in [3.63, 3.8) is 0 Å². The first kappa shape index (κ1) is 25.2. The van der Waals surface area contributed by atoms with Crippen LogP contribution >= 0.6 is 0 Å². The van der Waals surface area contributed by atoms with Crippen LogP contribution in [0, 0.1) is 5.92 Å². The molecule has 0 bridgehead atoms. The van der Waals surface area contributed by atoms with Crippen LogP contribution in [0.25, 0.3) is 11.0 Å². The highest BCUT2D eigenvalue weighted by atomic mass is 16.7. The summed E-state index contributed by atoms with van der Waals surface area (Å²) in [5, 5.41) is 11.4. The highest BCUT2D eigenvalue weighted by Crippen LogP contribution is 2.34. The zero-order valence-electron chi connectivity index (χ0n) is 21.4. The number of benzene rings is 2. The van der Waals surface area contributed by atoms with Crippen LogP contribution in [0.2, 0.25) is 0 Å². The third kappa shape index (κ3) is 5.59. The molecule has 0 saturated carbocycles. The van der Waals surface area contributed by atoms with Gasteiger partial charge < -0.3 is 19.7 Å². The van der Waals surface area contributed by atoms with Gasteiger partial charge in [0.1, 0.15) is 18.1 Å². The van der Waals surface area contributed by atoms with Gasteiger partial charge in [0.05, 0.1) is 5.52 Å². The standard InChI is InChI=1S/C28H30N6O4/c1-19(2)9-14-30-28(36)27(21-10-12-29-13-11-21)33(16-20-7-8-24-25(15-20)38-18-37-24)26(35)17-34-23-6-4-3-5-22(23)31-32-34/h3-8,10-13,15,19,27H,9,14,16-18H2,1-2H3,(H,30,36). The van der Waals surface area contributed by atoms with E-state index in [2.05, 4.69) is 34.5 Å². The van der Waals surface area contributed by atoms with Gasteiger partial charge in [-0.15, -0.1) is 5.10 Å². The van der Waals surface area contributed by atoms with E-state index in [4.69, 9.17) is 9.47 Å². The molecule has 3 heterocycles. The Morgan fingerprint density at radius 2 is 1.84 bits per heavy atom. The summed E-state index contributed by atoms with van der Waals surface area (Å²) in [6.45, 7) is 4.96. The smallest absolute Gasteiger partial charge is 0.247 e. The number of carbonyl (C=O) groups excluding carboxylic acids is 2. The summed E-state index contributed by atoms with van der Waals surface area (Å²) >= 11 is 0. The first-order chi connectivity index (χ1) is 18.5. The normalized spacial score (nSPS) is 13.0. The van der Waals surface area contributed by atoms with E-state index in [-0.39, 0.29) is 31.7 Å². The lowest BCUT2D eigenvalue weighted by atomic mass is 10.0. The van der Waals surface area contributed by atoms with Crippen molar-refractivity contribution in [2.75, 3.05) is 13.3 Å². The van der Waals surface area contributed by atoms with Gasteiger partial charge in [-0.1, -0.05) is 37.3 Å². The maximum atomic E-state index is 14.0. The van der Waals surface area contributed by atoms with Gasteiger partial charge in [-0.05, 0) is 59.9 Å². The first-order valence-corrected chi connectivity index (χ1v) is 12.6. The van der Waals surface area contributed by atoms with Crippen LogP contribution in [0.15, 0.2) is 67.0 Å². The number of amides is 2. The van der Waals surface area contributed by atoms with E-state index in [0.29, 0.717) is 35.0 Å². The van der Waals surface area contributed by atoms with Crippen molar-refractivity contribution in [2.45, 2.75) is 39.4 Å². The van der Waals surface area contributed by atoms with E-state index < -0.39 is 6.04 Å². The highest BCUT2D eigenvalue weighted by molar-refractivity contribution is 5.89. The first-order valence-electron chi connectivity index (χ1n) is 12.6. The predicted octanol–water partition coefficient (Wildman–Crippen LogP) is 3.49. The van der Waals surface area contributed by atoms with E-state index in [9.17, 15) is 9.59 Å². The summed E-state index contributed by atoms with van der Waals surface area (Å²) < 4.78 is 12.6. The lowest BCUT2D eigenvalue weighted by Gasteiger charge is -2.31. The molecule has 1 aliphatic rings. The Morgan fingerprint density at radius 1 is 1.05 bits per heavy atom. The van der Waals surface area contributed by atoms with Crippen molar-refractivity contribution < 1.29 is 19.1 Å². The van der Waals surface area contributed by atoms with Crippen molar-refractivity contribution >= 4 is 22.8 Å². The Balaban J connectivity index is 1.50. The van der Waals surface area contributed by atoms with E-state index >= 15 is 0 Å². The number of hydrogen-bond donors (Lipinski definition) is 1. The summed E-state index contributed by atoms with van der Waals surface area (Å²) in [4.78, 5) is 33.3. The van der Waals surface area contributed by atoms with Crippen LogP contribution in [-0.4, -0.2) is 50.0 Å². The van der Waals surface area contributed by atoms with Crippen molar-refractivity contribution in [2.24, 2.45) is 5.92 Å². The topological polar surface area (TPSA) is 111 Å². The molecule has 38 heavy (non-hydrogen) atoms. The Hall–Kier alpha value is -4.47. The van der Waals surface area contributed by atoms with Crippen LogP contribution in [0.1, 0.15) is 37.4 Å². The van der Waals surface area contributed by atoms with Gasteiger partial charge in [-0.2, -0.15) is 0 Å². The zero-order valence-corrected chi connectivity index (χ0v) is 21.4. The molecule has 0 spiro atoms. The summed E-state index contributed by atoms with van der Waals surface area (Å²) in [5.41, 5.74) is 2.91. The van der Waals surface area contributed by atoms with Crippen LogP contribution < -0.4 is 14.8 Å². The van der Waals surface area contributed by atoms with Gasteiger partial charge in [0, 0.05) is 25.5 Å². The Labute approximate surface area is 220 Å². The minimum atomic E-state index is -0.877. The molecule has 1 aliphatic heterocycles. The quantitative estimate of drug-likeness (QED) is 0.345. The second-order valence-electron chi connectivity index (χ2n) is 9.60. The number of carbonyl (C=O) groups is 2. The summed E-state index contributed by atoms with van der Waals surface area (Å²) in [7, 11) is 0. The fourth-order valence-electron chi connectivity index (χ4n) is 4.41. The maximum Gasteiger partial charge on any atom is 0.247 e. The van der Waals surface area contributed by atoms with Gasteiger partial charge in [-0.3, -0.25) is 14.6 Å². The Morgan fingerprint density at radius 3 is 2.66 bits per heavy atom. The molecule has 0 aliphatic carbocycles. The molecule has 2 amide bonds. The van der Waals surface area contributed by atoms with E-state index in [1.165, 1.54) is 0 Å². The second kappa shape index (κ2) is 11.3. The van der Waals surface area contributed by atoms with E-state index in [1.54, 1.807) is 34.1 Å². The molecule has 0 saturated heterocycles. The molecule has 4 aromatic rings. The molecular formula is C28H30N6O4. The molecule has 10 heteroatoms.